The summed E-state index contributed by atoms with van der Waals surface area (Å²) < 4.78 is 12.1. The van der Waals surface area contributed by atoms with Crippen molar-refractivity contribution in [1.29, 1.82) is 0 Å². The van der Waals surface area contributed by atoms with Gasteiger partial charge in [0.1, 0.15) is 6.61 Å². The van der Waals surface area contributed by atoms with Crippen LogP contribution < -0.4 is 9.47 Å². The molecule has 0 amide bonds. The molecule has 0 saturated heterocycles. The first kappa shape index (κ1) is 11.6. The first-order chi connectivity index (χ1) is 8.83. The van der Waals surface area contributed by atoms with Crippen LogP contribution in [0.2, 0.25) is 0 Å². The van der Waals surface area contributed by atoms with Gasteiger partial charge in [-0.15, -0.1) is 11.3 Å². The molecule has 0 fully saturated rings. The highest BCUT2D eigenvalue weighted by atomic mass is 32.2. The number of rotatable bonds is 2. The van der Waals surface area contributed by atoms with Crippen molar-refractivity contribution in [3.05, 3.63) is 41.8 Å². The number of thiophene rings is 1. The molecule has 1 atom stereocenters. The van der Waals surface area contributed by atoms with Crippen molar-refractivity contribution in [1.82, 2.24) is 0 Å². The van der Waals surface area contributed by atoms with E-state index in [4.69, 9.17) is 9.47 Å². The van der Waals surface area contributed by atoms with Crippen LogP contribution in [0.25, 0.3) is 0 Å². The molecule has 1 aliphatic heterocycles. The van der Waals surface area contributed by atoms with Gasteiger partial charge in [0.25, 0.3) is 0 Å². The van der Waals surface area contributed by atoms with Crippen LogP contribution in [-0.4, -0.2) is 17.8 Å². The zero-order valence-corrected chi connectivity index (χ0v) is 11.0. The summed E-state index contributed by atoms with van der Waals surface area (Å²) >= 11 is 2.75. The van der Waals surface area contributed by atoms with Gasteiger partial charge in [0.15, 0.2) is 11.5 Å². The Bertz CT molecular complexity index is 551. The van der Waals surface area contributed by atoms with Gasteiger partial charge in [-0.3, -0.25) is 4.79 Å². The number of para-hydroxylation sites is 2. The van der Waals surface area contributed by atoms with E-state index >= 15 is 0 Å². The van der Waals surface area contributed by atoms with E-state index in [2.05, 4.69) is 0 Å². The largest absolute Gasteiger partial charge is 0.485 e. The molecule has 1 aliphatic rings. The lowest BCUT2D eigenvalue weighted by atomic mass is 10.3. The minimum Gasteiger partial charge on any atom is -0.485 e. The van der Waals surface area contributed by atoms with Crippen LogP contribution >= 0.6 is 23.1 Å². The summed E-state index contributed by atoms with van der Waals surface area (Å²) in [7, 11) is 0. The van der Waals surface area contributed by atoms with Gasteiger partial charge in [0.2, 0.25) is 11.2 Å². The summed E-state index contributed by atoms with van der Waals surface area (Å²) in [5.74, 6) is 1.33. The third kappa shape index (κ3) is 2.37. The Morgan fingerprint density at radius 3 is 2.83 bits per heavy atom. The summed E-state index contributed by atoms with van der Waals surface area (Å²) in [6, 6.07) is 11.2. The maximum atomic E-state index is 12.0. The Kier molecular flexibility index (Phi) is 3.25. The second-order valence-electron chi connectivity index (χ2n) is 3.72. The van der Waals surface area contributed by atoms with E-state index in [0.717, 1.165) is 4.21 Å². The monoisotopic (exact) mass is 278 g/mol. The SMILES string of the molecule is O=C(Sc1cccs1)C1COc2ccccc2O1. The molecule has 0 bridgehead atoms. The van der Waals surface area contributed by atoms with E-state index in [9.17, 15) is 4.79 Å². The fourth-order valence-electron chi connectivity index (χ4n) is 1.62. The van der Waals surface area contributed by atoms with Gasteiger partial charge >= 0.3 is 0 Å². The standard InChI is InChI=1S/C13H10O3S2/c14-13(18-12-6-3-7-17-12)11-8-15-9-4-1-2-5-10(9)16-11/h1-7,11H,8H2. The molecule has 2 heterocycles. The van der Waals surface area contributed by atoms with Crippen LogP contribution in [0.3, 0.4) is 0 Å². The maximum Gasteiger partial charge on any atom is 0.238 e. The van der Waals surface area contributed by atoms with E-state index in [-0.39, 0.29) is 11.7 Å². The van der Waals surface area contributed by atoms with E-state index in [1.165, 1.54) is 11.8 Å². The van der Waals surface area contributed by atoms with Gasteiger partial charge in [0.05, 0.1) is 4.21 Å². The molecule has 0 spiro atoms. The highest BCUT2D eigenvalue weighted by Gasteiger charge is 2.27. The quantitative estimate of drug-likeness (QED) is 0.790. The average Bonchev–Trinajstić information content (AvgIpc) is 2.91. The van der Waals surface area contributed by atoms with E-state index in [1.54, 1.807) is 11.3 Å². The van der Waals surface area contributed by atoms with E-state index < -0.39 is 6.10 Å². The van der Waals surface area contributed by atoms with Crippen LogP contribution in [0.1, 0.15) is 0 Å². The number of thioether (sulfide) groups is 1. The molecule has 18 heavy (non-hydrogen) atoms. The molecular formula is C13H10O3S2. The normalized spacial score (nSPS) is 17.4. The van der Waals surface area contributed by atoms with Crippen molar-refractivity contribution < 1.29 is 14.3 Å². The number of benzene rings is 1. The summed E-state index contributed by atoms with van der Waals surface area (Å²) in [5, 5.41) is 1.93. The zero-order chi connectivity index (χ0) is 12.4. The molecule has 2 aromatic rings. The number of hydrogen-bond donors (Lipinski definition) is 0. The minimum atomic E-state index is -0.535. The van der Waals surface area contributed by atoms with Gasteiger partial charge < -0.3 is 9.47 Å². The van der Waals surface area contributed by atoms with Crippen molar-refractivity contribution in [2.45, 2.75) is 10.3 Å². The number of fused-ring (bicyclic) bond motifs is 1. The second kappa shape index (κ2) is 5.04. The van der Waals surface area contributed by atoms with Crippen LogP contribution in [-0.2, 0) is 4.79 Å². The highest BCUT2D eigenvalue weighted by Crippen LogP contribution is 2.33. The smallest absolute Gasteiger partial charge is 0.238 e. The van der Waals surface area contributed by atoms with Crippen LogP contribution in [0, 0.1) is 0 Å². The van der Waals surface area contributed by atoms with Crippen molar-refractivity contribution >= 4 is 28.2 Å². The van der Waals surface area contributed by atoms with Crippen LogP contribution in [0.4, 0.5) is 0 Å². The Balaban J connectivity index is 1.70. The van der Waals surface area contributed by atoms with Gasteiger partial charge in [-0.05, 0) is 35.3 Å². The van der Waals surface area contributed by atoms with Crippen molar-refractivity contribution in [3.8, 4) is 11.5 Å². The topological polar surface area (TPSA) is 35.5 Å². The summed E-state index contributed by atoms with van der Waals surface area (Å²) in [6.45, 7) is 0.272. The van der Waals surface area contributed by atoms with Gasteiger partial charge in [-0.25, -0.2) is 0 Å². The average molecular weight is 278 g/mol. The molecule has 1 aromatic carbocycles. The molecule has 5 heteroatoms. The Hall–Kier alpha value is -1.46. The minimum absolute atomic E-state index is 0.0213. The molecule has 3 rings (SSSR count). The second-order valence-corrected chi connectivity index (χ2v) is 5.97. The number of carbonyl (C=O) groups excluding carboxylic acids is 1. The third-order valence-electron chi connectivity index (χ3n) is 2.47. The number of carbonyl (C=O) groups is 1. The van der Waals surface area contributed by atoms with Gasteiger partial charge in [-0.1, -0.05) is 18.2 Å². The van der Waals surface area contributed by atoms with Gasteiger partial charge in [-0.2, -0.15) is 0 Å². The Morgan fingerprint density at radius 1 is 1.22 bits per heavy atom. The van der Waals surface area contributed by atoms with Gasteiger partial charge in [0, 0.05) is 0 Å². The zero-order valence-electron chi connectivity index (χ0n) is 9.37. The first-order valence-electron chi connectivity index (χ1n) is 5.46. The summed E-state index contributed by atoms with van der Waals surface area (Å²) in [5.41, 5.74) is 0. The van der Waals surface area contributed by atoms with Crippen molar-refractivity contribution in [3.63, 3.8) is 0 Å². The molecule has 3 nitrogen and oxygen atoms in total. The lowest BCUT2D eigenvalue weighted by Gasteiger charge is -2.24. The lowest BCUT2D eigenvalue weighted by molar-refractivity contribution is -0.119. The van der Waals surface area contributed by atoms with Crippen molar-refractivity contribution in [2.24, 2.45) is 0 Å². The molecule has 1 aromatic heterocycles. The molecule has 0 aliphatic carbocycles. The molecule has 1 unspecified atom stereocenters. The van der Waals surface area contributed by atoms with Crippen LogP contribution in [0.5, 0.6) is 11.5 Å². The van der Waals surface area contributed by atoms with Crippen molar-refractivity contribution in [2.75, 3.05) is 6.61 Å². The van der Waals surface area contributed by atoms with E-state index in [0.29, 0.717) is 11.5 Å². The molecule has 0 N–H and O–H groups in total. The summed E-state index contributed by atoms with van der Waals surface area (Å²) in [6.07, 6.45) is -0.535. The molecule has 92 valence electrons. The fraction of sp³-hybridized carbons (Fsp3) is 0.154. The fourth-order valence-corrected chi connectivity index (χ4v) is 3.27. The number of ether oxygens (including phenoxy) is 2. The predicted octanol–water partition coefficient (Wildman–Crippen LogP) is 3.21. The Morgan fingerprint density at radius 2 is 2.06 bits per heavy atom. The lowest BCUT2D eigenvalue weighted by Crippen LogP contribution is -2.34. The molecule has 0 radical (unpaired) electrons. The first-order valence-corrected chi connectivity index (χ1v) is 7.16. The number of hydrogen-bond acceptors (Lipinski definition) is 5. The third-order valence-corrected chi connectivity index (χ3v) is 4.47. The molecular weight excluding hydrogens is 268 g/mol. The maximum absolute atomic E-state index is 12.0. The van der Waals surface area contributed by atoms with Crippen LogP contribution in [0.15, 0.2) is 46.0 Å². The Labute approximate surface area is 113 Å². The predicted molar refractivity (Wildman–Crippen MR) is 71.5 cm³/mol. The highest BCUT2D eigenvalue weighted by molar-refractivity contribution is 8.15. The van der Waals surface area contributed by atoms with E-state index in [1.807, 2.05) is 41.8 Å². The molecule has 0 saturated carbocycles. The summed E-state index contributed by atoms with van der Waals surface area (Å²) in [4.78, 5) is 12.0.